The predicted octanol–water partition coefficient (Wildman–Crippen LogP) is -0.188. The summed E-state index contributed by atoms with van der Waals surface area (Å²) in [5.41, 5.74) is 2.34. The summed E-state index contributed by atoms with van der Waals surface area (Å²) >= 11 is 1.46. The summed E-state index contributed by atoms with van der Waals surface area (Å²) in [7, 11) is 0. The van der Waals surface area contributed by atoms with Crippen LogP contribution in [0.2, 0.25) is 0 Å². The molecule has 0 radical (unpaired) electrons. The zero-order chi connectivity index (χ0) is 6.69. The van der Waals surface area contributed by atoms with Crippen molar-refractivity contribution in [1.29, 1.82) is 0 Å². The highest BCUT2D eigenvalue weighted by Gasteiger charge is 1.96. The molecule has 0 aliphatic rings. The van der Waals surface area contributed by atoms with Gasteiger partial charge in [0.1, 0.15) is 0 Å². The number of nitrogen functional groups attached to an aromatic ring is 1. The maximum absolute atomic E-state index is 5.02. The molecule has 0 amide bonds. The van der Waals surface area contributed by atoms with Crippen LogP contribution in [0.3, 0.4) is 0 Å². The Labute approximate surface area is 56.4 Å². The molecule has 0 aromatic carbocycles. The van der Waals surface area contributed by atoms with Crippen LogP contribution in [0.4, 0.5) is 5.95 Å². The molecule has 6 heteroatoms. The van der Waals surface area contributed by atoms with Crippen molar-refractivity contribution in [2.45, 2.75) is 5.16 Å². The van der Waals surface area contributed by atoms with Crippen molar-refractivity contribution >= 4 is 17.7 Å². The lowest BCUT2D eigenvalue weighted by Gasteiger charge is -1.85. The molecule has 0 saturated carbocycles. The Balaban J connectivity index is 2.74. The molecule has 4 N–H and O–H groups in total. The van der Waals surface area contributed by atoms with Crippen molar-refractivity contribution in [1.82, 2.24) is 15.2 Å². The SMILES string of the molecule is CSc1n[nH]c(NN)n1. The van der Waals surface area contributed by atoms with Gasteiger partial charge in [0, 0.05) is 0 Å². The number of nitrogens with two attached hydrogens (primary N) is 1. The van der Waals surface area contributed by atoms with E-state index in [2.05, 4.69) is 20.6 Å². The number of hydrogen-bond acceptors (Lipinski definition) is 5. The van der Waals surface area contributed by atoms with Crippen LogP contribution in [0, 0.1) is 0 Å². The number of H-pyrrole nitrogens is 1. The lowest BCUT2D eigenvalue weighted by Crippen LogP contribution is -2.07. The maximum Gasteiger partial charge on any atom is 0.233 e. The Bertz CT molecular complexity index is 166. The Morgan fingerprint density at radius 1 is 1.78 bits per heavy atom. The van der Waals surface area contributed by atoms with Crippen molar-refractivity contribution in [2.75, 3.05) is 11.7 Å². The van der Waals surface area contributed by atoms with Crippen LogP contribution in [0.1, 0.15) is 0 Å². The van der Waals surface area contributed by atoms with Crippen LogP contribution in [-0.2, 0) is 0 Å². The molecule has 1 heterocycles. The number of hydrazine groups is 1. The van der Waals surface area contributed by atoms with Gasteiger partial charge in [-0.25, -0.2) is 10.9 Å². The van der Waals surface area contributed by atoms with Crippen LogP contribution in [0.15, 0.2) is 5.16 Å². The topological polar surface area (TPSA) is 79.6 Å². The number of hydrogen-bond donors (Lipinski definition) is 3. The van der Waals surface area contributed by atoms with Gasteiger partial charge in [0.15, 0.2) is 0 Å². The molecule has 0 aliphatic carbocycles. The number of aromatic amines is 1. The maximum atomic E-state index is 5.02. The molecule has 0 aliphatic heterocycles. The van der Waals surface area contributed by atoms with Crippen LogP contribution in [0.5, 0.6) is 0 Å². The molecule has 0 unspecified atom stereocenters. The summed E-state index contributed by atoms with van der Waals surface area (Å²) in [6, 6.07) is 0. The normalized spacial score (nSPS) is 9.56. The fraction of sp³-hybridized carbons (Fsp3) is 0.333. The van der Waals surface area contributed by atoms with Crippen molar-refractivity contribution in [2.24, 2.45) is 5.84 Å². The number of aromatic nitrogens is 3. The molecule has 50 valence electrons. The number of anilines is 1. The fourth-order valence-corrected chi connectivity index (χ4v) is 0.722. The van der Waals surface area contributed by atoms with Crippen molar-refractivity contribution < 1.29 is 0 Å². The zero-order valence-electron chi connectivity index (χ0n) is 4.88. The van der Waals surface area contributed by atoms with Crippen molar-refractivity contribution in [3.05, 3.63) is 0 Å². The van der Waals surface area contributed by atoms with Gasteiger partial charge in [0.05, 0.1) is 0 Å². The van der Waals surface area contributed by atoms with Crippen molar-refractivity contribution in [3.8, 4) is 0 Å². The quantitative estimate of drug-likeness (QED) is 0.305. The summed E-state index contributed by atoms with van der Waals surface area (Å²) in [5.74, 6) is 5.51. The van der Waals surface area contributed by atoms with E-state index in [1.54, 1.807) is 0 Å². The highest BCUT2D eigenvalue weighted by Crippen LogP contribution is 2.07. The van der Waals surface area contributed by atoms with Crippen molar-refractivity contribution in [3.63, 3.8) is 0 Å². The van der Waals surface area contributed by atoms with Gasteiger partial charge in [0.25, 0.3) is 0 Å². The van der Waals surface area contributed by atoms with E-state index in [-0.39, 0.29) is 0 Å². The molecule has 1 rings (SSSR count). The minimum atomic E-state index is 0.486. The fourth-order valence-electron chi connectivity index (χ4n) is 0.402. The lowest BCUT2D eigenvalue weighted by molar-refractivity contribution is 0.976. The van der Waals surface area contributed by atoms with Crippen LogP contribution < -0.4 is 11.3 Å². The van der Waals surface area contributed by atoms with Crippen LogP contribution in [-0.4, -0.2) is 21.4 Å². The molecule has 0 fully saturated rings. The lowest BCUT2D eigenvalue weighted by atomic mass is 11.1. The first kappa shape index (κ1) is 6.37. The molecular weight excluding hydrogens is 138 g/mol. The third-order valence-electron chi connectivity index (χ3n) is 0.784. The van der Waals surface area contributed by atoms with Gasteiger partial charge in [0.2, 0.25) is 11.1 Å². The van der Waals surface area contributed by atoms with E-state index >= 15 is 0 Å². The average Bonchev–Trinajstić information content (AvgIpc) is 2.34. The largest absolute Gasteiger partial charge is 0.293 e. The summed E-state index contributed by atoms with van der Waals surface area (Å²) in [6.45, 7) is 0. The zero-order valence-corrected chi connectivity index (χ0v) is 5.70. The second-order valence-electron chi connectivity index (χ2n) is 1.32. The molecule has 0 atom stereocenters. The van der Waals surface area contributed by atoms with Gasteiger partial charge >= 0.3 is 0 Å². The summed E-state index contributed by atoms with van der Waals surface area (Å²) in [6.07, 6.45) is 1.89. The molecular formula is C3H7N5S. The number of nitrogens with zero attached hydrogens (tertiary/aromatic N) is 2. The van der Waals surface area contributed by atoms with E-state index < -0.39 is 0 Å². The smallest absolute Gasteiger partial charge is 0.233 e. The van der Waals surface area contributed by atoms with Gasteiger partial charge in [-0.3, -0.25) is 5.43 Å². The minimum absolute atomic E-state index is 0.486. The summed E-state index contributed by atoms with van der Waals surface area (Å²) in [5, 5.41) is 7.06. The van der Waals surface area contributed by atoms with Gasteiger partial charge < -0.3 is 0 Å². The highest BCUT2D eigenvalue weighted by molar-refractivity contribution is 7.98. The number of nitrogens with one attached hydrogen (secondary N) is 2. The van der Waals surface area contributed by atoms with Crippen LogP contribution in [0.25, 0.3) is 0 Å². The molecule has 0 bridgehead atoms. The van der Waals surface area contributed by atoms with Gasteiger partial charge in [-0.2, -0.15) is 4.98 Å². The summed E-state index contributed by atoms with van der Waals surface area (Å²) in [4.78, 5) is 3.91. The molecule has 0 spiro atoms. The second kappa shape index (κ2) is 2.70. The monoisotopic (exact) mass is 145 g/mol. The van der Waals surface area contributed by atoms with E-state index in [4.69, 9.17) is 5.84 Å². The molecule has 0 saturated heterocycles. The third-order valence-corrected chi connectivity index (χ3v) is 1.33. The number of rotatable bonds is 2. The van der Waals surface area contributed by atoms with E-state index in [9.17, 15) is 0 Å². The third kappa shape index (κ3) is 1.33. The van der Waals surface area contributed by atoms with E-state index in [1.165, 1.54) is 11.8 Å². The van der Waals surface area contributed by atoms with Crippen LogP contribution >= 0.6 is 11.8 Å². The molecule has 1 aromatic rings. The predicted molar refractivity (Wildman–Crippen MR) is 36.0 cm³/mol. The number of thioether (sulfide) groups is 1. The second-order valence-corrected chi connectivity index (χ2v) is 2.09. The standard InChI is InChI=1S/C3H7N5S/c1-9-3-5-2(6-4)7-8-3/h4H2,1H3,(H2,5,6,7,8). The first-order chi connectivity index (χ1) is 4.36. The Morgan fingerprint density at radius 3 is 2.89 bits per heavy atom. The van der Waals surface area contributed by atoms with E-state index in [0.717, 1.165) is 0 Å². The van der Waals surface area contributed by atoms with E-state index in [0.29, 0.717) is 11.1 Å². The van der Waals surface area contributed by atoms with Gasteiger partial charge in [-0.05, 0) is 6.26 Å². The van der Waals surface area contributed by atoms with Gasteiger partial charge in [-0.1, -0.05) is 11.8 Å². The Hall–Kier alpha value is -0.750. The molecule has 5 nitrogen and oxygen atoms in total. The molecule has 9 heavy (non-hydrogen) atoms. The highest BCUT2D eigenvalue weighted by atomic mass is 32.2. The molecule has 1 aromatic heterocycles. The Morgan fingerprint density at radius 2 is 2.56 bits per heavy atom. The first-order valence-corrected chi connectivity index (χ1v) is 3.52. The van der Waals surface area contributed by atoms with E-state index in [1.807, 2.05) is 6.26 Å². The minimum Gasteiger partial charge on any atom is -0.293 e. The van der Waals surface area contributed by atoms with Gasteiger partial charge in [-0.15, -0.1) is 5.10 Å². The Kier molecular flexibility index (Phi) is 1.91. The summed E-state index contributed by atoms with van der Waals surface area (Å²) < 4.78 is 0. The first-order valence-electron chi connectivity index (χ1n) is 2.30. The average molecular weight is 145 g/mol.